The minimum Gasteiger partial charge on any atom is -0.456 e. The van der Waals surface area contributed by atoms with E-state index in [0.29, 0.717) is 0 Å². The van der Waals surface area contributed by atoms with E-state index < -0.39 is 0 Å². The first-order valence-electron chi connectivity index (χ1n) is 12.2. The number of anilines is 3. The quantitative estimate of drug-likeness (QED) is 0.259. The highest BCUT2D eigenvalue weighted by molar-refractivity contribution is 6.06. The smallest absolute Gasteiger partial charge is 0.137 e. The van der Waals surface area contributed by atoms with E-state index in [9.17, 15) is 0 Å². The lowest BCUT2D eigenvalue weighted by molar-refractivity contribution is 0.669. The fourth-order valence-electron chi connectivity index (χ4n) is 5.12. The molecule has 170 valence electrons. The molecule has 7 rings (SSSR count). The van der Waals surface area contributed by atoms with Crippen LogP contribution in [0, 0.1) is 0 Å². The van der Waals surface area contributed by atoms with Crippen LogP contribution in [0.15, 0.2) is 144 Å². The van der Waals surface area contributed by atoms with Crippen LogP contribution in [0.5, 0.6) is 0 Å². The number of fused-ring (bicyclic) bond motifs is 4. The first-order valence-corrected chi connectivity index (χ1v) is 12.2. The molecule has 0 amide bonds. The second-order valence-corrected chi connectivity index (χ2v) is 9.03. The zero-order valence-electron chi connectivity index (χ0n) is 19.6. The molecule has 2 nitrogen and oxygen atoms in total. The second-order valence-electron chi connectivity index (χ2n) is 9.03. The average Bonchev–Trinajstić information content (AvgIpc) is 3.32. The first-order chi connectivity index (χ1) is 17.8. The summed E-state index contributed by atoms with van der Waals surface area (Å²) in [7, 11) is 0. The summed E-state index contributed by atoms with van der Waals surface area (Å²) in [5, 5.41) is 4.70. The zero-order chi connectivity index (χ0) is 23.9. The van der Waals surface area contributed by atoms with Crippen LogP contribution in [0.1, 0.15) is 0 Å². The molecule has 0 N–H and O–H groups in total. The van der Waals surface area contributed by atoms with Gasteiger partial charge in [-0.2, -0.15) is 0 Å². The van der Waals surface area contributed by atoms with Crippen molar-refractivity contribution in [3.63, 3.8) is 0 Å². The van der Waals surface area contributed by atoms with Gasteiger partial charge < -0.3 is 9.32 Å². The van der Waals surface area contributed by atoms with Crippen molar-refractivity contribution in [2.45, 2.75) is 0 Å². The Bertz CT molecular complexity index is 1830. The Morgan fingerprint density at radius 1 is 0.444 bits per heavy atom. The maximum absolute atomic E-state index is 6.27. The molecule has 0 saturated heterocycles. The Labute approximate surface area is 209 Å². The van der Waals surface area contributed by atoms with Gasteiger partial charge in [0, 0.05) is 33.8 Å². The van der Waals surface area contributed by atoms with Gasteiger partial charge in [-0.05, 0) is 58.8 Å². The van der Waals surface area contributed by atoms with Crippen LogP contribution in [0.25, 0.3) is 43.8 Å². The van der Waals surface area contributed by atoms with Crippen molar-refractivity contribution in [1.82, 2.24) is 0 Å². The molecule has 0 aliphatic heterocycles. The van der Waals surface area contributed by atoms with Gasteiger partial charge in [0.25, 0.3) is 0 Å². The Kier molecular flexibility index (Phi) is 4.82. The zero-order valence-corrected chi connectivity index (χ0v) is 19.6. The van der Waals surface area contributed by atoms with Crippen LogP contribution in [-0.2, 0) is 0 Å². The summed E-state index contributed by atoms with van der Waals surface area (Å²) >= 11 is 0. The van der Waals surface area contributed by atoms with Gasteiger partial charge in [-0.25, -0.2) is 0 Å². The number of para-hydroxylation sites is 2. The van der Waals surface area contributed by atoms with E-state index in [0.717, 1.165) is 39.0 Å². The molecular formula is C34H23NO. The largest absolute Gasteiger partial charge is 0.456 e. The van der Waals surface area contributed by atoms with Gasteiger partial charge in [0.1, 0.15) is 11.2 Å². The van der Waals surface area contributed by atoms with Crippen molar-refractivity contribution >= 4 is 49.8 Å². The van der Waals surface area contributed by atoms with Crippen LogP contribution in [0.3, 0.4) is 0 Å². The van der Waals surface area contributed by atoms with E-state index in [1.54, 1.807) is 0 Å². The molecule has 36 heavy (non-hydrogen) atoms. The lowest BCUT2D eigenvalue weighted by Gasteiger charge is -2.28. The summed E-state index contributed by atoms with van der Waals surface area (Å²) in [6, 6.07) is 49.1. The van der Waals surface area contributed by atoms with Gasteiger partial charge in [0.05, 0.1) is 5.69 Å². The fourth-order valence-corrected chi connectivity index (χ4v) is 5.12. The van der Waals surface area contributed by atoms with Gasteiger partial charge in [-0.15, -0.1) is 0 Å². The molecule has 1 heterocycles. The Morgan fingerprint density at radius 3 is 1.89 bits per heavy atom. The normalized spacial score (nSPS) is 11.3. The van der Waals surface area contributed by atoms with Crippen molar-refractivity contribution < 1.29 is 4.42 Å². The lowest BCUT2D eigenvalue weighted by Crippen LogP contribution is -2.11. The maximum atomic E-state index is 6.27. The number of hydrogen-bond donors (Lipinski definition) is 0. The van der Waals surface area contributed by atoms with Crippen molar-refractivity contribution in [3.05, 3.63) is 140 Å². The molecule has 7 aromatic rings. The molecular weight excluding hydrogens is 438 g/mol. The van der Waals surface area contributed by atoms with Crippen molar-refractivity contribution in [2.24, 2.45) is 0 Å². The van der Waals surface area contributed by atoms with Crippen molar-refractivity contribution in [2.75, 3.05) is 4.90 Å². The molecule has 0 saturated carbocycles. The van der Waals surface area contributed by atoms with E-state index in [2.05, 4.69) is 132 Å². The molecule has 0 spiro atoms. The third-order valence-corrected chi connectivity index (χ3v) is 6.82. The van der Waals surface area contributed by atoms with Crippen LogP contribution in [0.2, 0.25) is 0 Å². The predicted octanol–water partition coefficient (Wildman–Crippen LogP) is 9.88. The van der Waals surface area contributed by atoms with Crippen LogP contribution < -0.4 is 4.90 Å². The van der Waals surface area contributed by atoms with Crippen LogP contribution >= 0.6 is 0 Å². The Balaban J connectivity index is 1.52. The molecule has 6 aromatic carbocycles. The monoisotopic (exact) mass is 461 g/mol. The predicted molar refractivity (Wildman–Crippen MR) is 151 cm³/mol. The molecule has 0 aliphatic carbocycles. The third-order valence-electron chi connectivity index (χ3n) is 6.82. The summed E-state index contributed by atoms with van der Waals surface area (Å²) in [4.78, 5) is 2.33. The number of nitrogens with zero attached hydrogens (tertiary/aromatic N) is 1. The molecule has 0 radical (unpaired) electrons. The van der Waals surface area contributed by atoms with E-state index >= 15 is 0 Å². The van der Waals surface area contributed by atoms with E-state index in [-0.39, 0.29) is 0 Å². The summed E-state index contributed by atoms with van der Waals surface area (Å²) in [6.45, 7) is 0. The van der Waals surface area contributed by atoms with Gasteiger partial charge in [-0.3, -0.25) is 0 Å². The molecule has 0 atom stereocenters. The van der Waals surface area contributed by atoms with Gasteiger partial charge >= 0.3 is 0 Å². The SMILES string of the molecule is c1ccc(-c2cc3ccccc3cc2N(c2ccccc2)c2ccc3c(c2)oc2ccccc23)cc1. The van der Waals surface area contributed by atoms with E-state index in [4.69, 9.17) is 4.42 Å². The second kappa shape index (κ2) is 8.44. The number of furan rings is 1. The van der Waals surface area contributed by atoms with Crippen LogP contribution in [-0.4, -0.2) is 0 Å². The molecule has 1 aromatic heterocycles. The fraction of sp³-hybridized carbons (Fsp3) is 0. The van der Waals surface area contributed by atoms with Crippen molar-refractivity contribution in [3.8, 4) is 11.1 Å². The lowest BCUT2D eigenvalue weighted by atomic mass is 9.97. The number of benzene rings is 6. The number of rotatable bonds is 4. The minimum absolute atomic E-state index is 0.886. The summed E-state index contributed by atoms with van der Waals surface area (Å²) in [5.74, 6) is 0. The summed E-state index contributed by atoms with van der Waals surface area (Å²) in [5.41, 5.74) is 7.44. The highest BCUT2D eigenvalue weighted by Gasteiger charge is 2.19. The van der Waals surface area contributed by atoms with Gasteiger partial charge in [0.15, 0.2) is 0 Å². The van der Waals surface area contributed by atoms with Gasteiger partial charge in [-0.1, -0.05) is 91.0 Å². The number of hydrogen-bond acceptors (Lipinski definition) is 2. The highest BCUT2D eigenvalue weighted by Crippen LogP contribution is 2.44. The van der Waals surface area contributed by atoms with E-state index in [1.807, 2.05) is 12.1 Å². The molecule has 0 bridgehead atoms. The molecule has 0 aliphatic rings. The molecule has 0 fully saturated rings. The van der Waals surface area contributed by atoms with Crippen LogP contribution in [0.4, 0.5) is 17.1 Å². The average molecular weight is 462 g/mol. The maximum Gasteiger partial charge on any atom is 0.137 e. The topological polar surface area (TPSA) is 16.4 Å². The van der Waals surface area contributed by atoms with E-state index in [1.165, 1.54) is 21.9 Å². The summed E-state index contributed by atoms with van der Waals surface area (Å²) < 4.78 is 6.27. The first kappa shape index (κ1) is 20.5. The highest BCUT2D eigenvalue weighted by atomic mass is 16.3. The third kappa shape index (κ3) is 3.43. The molecule has 2 heteroatoms. The summed E-state index contributed by atoms with van der Waals surface area (Å²) in [6.07, 6.45) is 0. The van der Waals surface area contributed by atoms with Crippen molar-refractivity contribution in [1.29, 1.82) is 0 Å². The Hall–Kier alpha value is -4.82. The minimum atomic E-state index is 0.886. The Morgan fingerprint density at radius 2 is 1.08 bits per heavy atom. The van der Waals surface area contributed by atoms with Gasteiger partial charge in [0.2, 0.25) is 0 Å². The molecule has 0 unspecified atom stereocenters. The standard InChI is InChI=1S/C34H23NO/c1-3-11-24(12-4-1)31-21-25-13-7-8-14-26(25)22-32(31)35(27-15-5-2-6-16-27)28-19-20-30-29-17-9-10-18-33(29)36-34(30)23-28/h1-23H.